The predicted molar refractivity (Wildman–Crippen MR) is 117 cm³/mol. The molecule has 0 unspecified atom stereocenters. The number of hydrogen-bond donors (Lipinski definition) is 2. The molecule has 31 heavy (non-hydrogen) atoms. The number of anilines is 1. The lowest BCUT2D eigenvalue weighted by Gasteiger charge is -2.19. The Balaban J connectivity index is 1.89. The highest BCUT2D eigenvalue weighted by Gasteiger charge is 2.27. The Hall–Kier alpha value is -3.23. The molecule has 3 rings (SSSR count). The SMILES string of the molecule is COc1ccc(S(=O)(=O)N[C@@H](Cc2ccccc2)C(=O)Nc2ccccc2F)cc1C. The summed E-state index contributed by atoms with van der Waals surface area (Å²) in [6.07, 6.45) is 0.0928. The normalized spacial score (nSPS) is 12.2. The van der Waals surface area contributed by atoms with Gasteiger partial charge >= 0.3 is 0 Å². The fraction of sp³-hybridized carbons (Fsp3) is 0.174. The van der Waals surface area contributed by atoms with Crippen LogP contribution in [0.4, 0.5) is 10.1 Å². The van der Waals surface area contributed by atoms with Crippen LogP contribution in [0, 0.1) is 12.7 Å². The first-order chi connectivity index (χ1) is 14.8. The number of ether oxygens (including phenoxy) is 1. The minimum absolute atomic E-state index is 0.00236. The number of carbonyl (C=O) groups excluding carboxylic acids is 1. The Morgan fingerprint density at radius 1 is 1.03 bits per heavy atom. The van der Waals surface area contributed by atoms with E-state index in [-0.39, 0.29) is 17.0 Å². The van der Waals surface area contributed by atoms with Crippen LogP contribution >= 0.6 is 0 Å². The molecule has 0 aliphatic carbocycles. The van der Waals surface area contributed by atoms with E-state index in [0.717, 1.165) is 5.56 Å². The van der Waals surface area contributed by atoms with Crippen LogP contribution in [0.3, 0.4) is 0 Å². The zero-order valence-corrected chi connectivity index (χ0v) is 17.9. The molecular weight excluding hydrogens is 419 g/mol. The first-order valence-electron chi connectivity index (χ1n) is 9.56. The van der Waals surface area contributed by atoms with E-state index < -0.39 is 27.8 Å². The molecule has 3 aromatic rings. The number of sulfonamides is 1. The van der Waals surface area contributed by atoms with Crippen molar-refractivity contribution in [2.24, 2.45) is 0 Å². The van der Waals surface area contributed by atoms with E-state index >= 15 is 0 Å². The number of benzene rings is 3. The molecule has 0 aromatic heterocycles. The van der Waals surface area contributed by atoms with E-state index in [9.17, 15) is 17.6 Å². The number of halogens is 1. The average Bonchev–Trinajstić information content (AvgIpc) is 2.75. The van der Waals surface area contributed by atoms with Gasteiger partial charge in [-0.1, -0.05) is 42.5 Å². The Kier molecular flexibility index (Phi) is 7.04. The van der Waals surface area contributed by atoms with Crippen molar-refractivity contribution in [3.8, 4) is 5.75 Å². The van der Waals surface area contributed by atoms with Crippen LogP contribution in [-0.2, 0) is 21.2 Å². The summed E-state index contributed by atoms with van der Waals surface area (Å²) in [5.74, 6) is -0.720. The molecule has 1 atom stereocenters. The molecule has 162 valence electrons. The van der Waals surface area contributed by atoms with Crippen molar-refractivity contribution in [1.82, 2.24) is 4.72 Å². The lowest BCUT2D eigenvalue weighted by molar-refractivity contribution is -0.117. The second-order valence-corrected chi connectivity index (χ2v) is 8.68. The molecule has 2 N–H and O–H groups in total. The summed E-state index contributed by atoms with van der Waals surface area (Å²) in [5.41, 5.74) is 1.37. The molecule has 0 aliphatic heterocycles. The van der Waals surface area contributed by atoms with E-state index in [0.29, 0.717) is 11.3 Å². The zero-order valence-electron chi connectivity index (χ0n) is 17.1. The van der Waals surface area contributed by atoms with Gasteiger partial charge in [0.05, 0.1) is 17.7 Å². The fourth-order valence-corrected chi connectivity index (χ4v) is 4.37. The van der Waals surface area contributed by atoms with Gasteiger partial charge in [-0.15, -0.1) is 0 Å². The first kappa shape index (κ1) is 22.5. The van der Waals surface area contributed by atoms with Crippen molar-refractivity contribution in [2.75, 3.05) is 12.4 Å². The average molecular weight is 443 g/mol. The molecule has 3 aromatic carbocycles. The van der Waals surface area contributed by atoms with Gasteiger partial charge < -0.3 is 10.1 Å². The number of aryl methyl sites for hydroxylation is 1. The van der Waals surface area contributed by atoms with Crippen molar-refractivity contribution in [3.63, 3.8) is 0 Å². The smallest absolute Gasteiger partial charge is 0.242 e. The van der Waals surface area contributed by atoms with Crippen molar-refractivity contribution in [3.05, 3.63) is 89.7 Å². The summed E-state index contributed by atoms with van der Waals surface area (Å²) >= 11 is 0. The second kappa shape index (κ2) is 9.72. The molecular formula is C23H23FN2O4S. The monoisotopic (exact) mass is 442 g/mol. The summed E-state index contributed by atoms with van der Waals surface area (Å²) in [6, 6.07) is 18.0. The molecule has 0 heterocycles. The Morgan fingerprint density at radius 3 is 2.35 bits per heavy atom. The molecule has 1 amide bonds. The largest absolute Gasteiger partial charge is 0.496 e. The Labute approximate surface area is 181 Å². The predicted octanol–water partition coefficient (Wildman–Crippen LogP) is 3.67. The van der Waals surface area contributed by atoms with E-state index in [2.05, 4.69) is 10.0 Å². The van der Waals surface area contributed by atoms with Crippen molar-refractivity contribution >= 4 is 21.6 Å². The maximum atomic E-state index is 14.0. The molecule has 0 bridgehead atoms. The number of carbonyl (C=O) groups is 1. The van der Waals surface area contributed by atoms with Gasteiger partial charge in [-0.3, -0.25) is 4.79 Å². The molecule has 0 aliphatic rings. The topological polar surface area (TPSA) is 84.5 Å². The number of para-hydroxylation sites is 1. The fourth-order valence-electron chi connectivity index (χ4n) is 3.09. The minimum Gasteiger partial charge on any atom is -0.496 e. The second-order valence-electron chi connectivity index (χ2n) is 6.96. The van der Waals surface area contributed by atoms with Gasteiger partial charge in [-0.25, -0.2) is 12.8 Å². The van der Waals surface area contributed by atoms with Gasteiger partial charge in [0.15, 0.2) is 0 Å². The first-order valence-corrected chi connectivity index (χ1v) is 11.0. The van der Waals surface area contributed by atoms with Crippen LogP contribution in [0.5, 0.6) is 5.75 Å². The summed E-state index contributed by atoms with van der Waals surface area (Å²) < 4.78 is 47.6. The quantitative estimate of drug-likeness (QED) is 0.558. The standard InChI is InChI=1S/C23H23FN2O4S/c1-16-14-18(12-13-22(16)30-2)31(28,29)26-21(15-17-8-4-3-5-9-17)23(27)25-20-11-7-6-10-19(20)24/h3-14,21,26H,15H2,1-2H3,(H,25,27)/t21-/m0/s1. The van der Waals surface area contributed by atoms with E-state index in [1.165, 1.54) is 37.4 Å². The maximum absolute atomic E-state index is 14.0. The molecule has 0 saturated heterocycles. The lowest BCUT2D eigenvalue weighted by atomic mass is 10.1. The third-order valence-electron chi connectivity index (χ3n) is 4.70. The van der Waals surface area contributed by atoms with Gasteiger partial charge in [0.25, 0.3) is 0 Å². The number of methoxy groups -OCH3 is 1. The number of hydrogen-bond acceptors (Lipinski definition) is 4. The zero-order chi connectivity index (χ0) is 22.4. The van der Waals surface area contributed by atoms with Gasteiger partial charge in [-0.05, 0) is 54.8 Å². The van der Waals surface area contributed by atoms with Crippen molar-refractivity contribution in [1.29, 1.82) is 0 Å². The maximum Gasteiger partial charge on any atom is 0.242 e. The number of rotatable bonds is 8. The lowest BCUT2D eigenvalue weighted by Crippen LogP contribution is -2.45. The van der Waals surface area contributed by atoms with Crippen LogP contribution in [-0.4, -0.2) is 27.5 Å². The third-order valence-corrected chi connectivity index (χ3v) is 6.17. The molecule has 0 radical (unpaired) electrons. The van der Waals surface area contributed by atoms with Crippen molar-refractivity contribution < 1.29 is 22.3 Å². The highest BCUT2D eigenvalue weighted by Crippen LogP contribution is 2.22. The van der Waals surface area contributed by atoms with Crippen LogP contribution in [0.2, 0.25) is 0 Å². The summed E-state index contributed by atoms with van der Waals surface area (Å²) in [4.78, 5) is 12.9. The van der Waals surface area contributed by atoms with Crippen LogP contribution in [0.15, 0.2) is 77.7 Å². The molecule has 6 nitrogen and oxygen atoms in total. The van der Waals surface area contributed by atoms with Gasteiger partial charge in [0, 0.05) is 0 Å². The summed E-state index contributed by atoms with van der Waals surface area (Å²) in [5, 5.41) is 2.47. The highest BCUT2D eigenvalue weighted by molar-refractivity contribution is 7.89. The minimum atomic E-state index is -4.03. The van der Waals surface area contributed by atoms with E-state index in [1.54, 1.807) is 43.3 Å². The molecule has 8 heteroatoms. The Morgan fingerprint density at radius 2 is 1.71 bits per heavy atom. The number of nitrogens with one attached hydrogen (secondary N) is 2. The van der Waals surface area contributed by atoms with E-state index in [4.69, 9.17) is 4.74 Å². The van der Waals surface area contributed by atoms with Crippen LogP contribution in [0.25, 0.3) is 0 Å². The highest BCUT2D eigenvalue weighted by atomic mass is 32.2. The van der Waals surface area contributed by atoms with Gasteiger partial charge in [0.2, 0.25) is 15.9 Å². The molecule has 0 fully saturated rings. The third kappa shape index (κ3) is 5.68. The van der Waals surface area contributed by atoms with Crippen LogP contribution < -0.4 is 14.8 Å². The van der Waals surface area contributed by atoms with E-state index in [1.807, 2.05) is 6.07 Å². The van der Waals surface area contributed by atoms with Crippen LogP contribution in [0.1, 0.15) is 11.1 Å². The van der Waals surface area contributed by atoms with Gasteiger partial charge in [0.1, 0.15) is 17.6 Å². The summed E-state index contributed by atoms with van der Waals surface area (Å²) in [7, 11) is -2.54. The number of amides is 1. The van der Waals surface area contributed by atoms with Gasteiger partial charge in [-0.2, -0.15) is 4.72 Å². The molecule has 0 spiro atoms. The Bertz CT molecular complexity index is 1170. The molecule has 0 saturated carbocycles. The van der Waals surface area contributed by atoms with Crippen molar-refractivity contribution in [2.45, 2.75) is 24.3 Å². The summed E-state index contributed by atoms with van der Waals surface area (Å²) in [6.45, 7) is 1.73.